The van der Waals surface area contributed by atoms with Crippen LogP contribution in [-0.4, -0.2) is 28.7 Å². The van der Waals surface area contributed by atoms with Crippen molar-refractivity contribution in [3.05, 3.63) is 24.3 Å². The Morgan fingerprint density at radius 2 is 2.19 bits per heavy atom. The molecule has 0 saturated heterocycles. The summed E-state index contributed by atoms with van der Waals surface area (Å²) >= 11 is 1.54. The lowest BCUT2D eigenvalue weighted by Crippen LogP contribution is -2.28. The number of aromatic nitrogens is 1. The maximum Gasteiger partial charge on any atom is 0.120 e. The van der Waals surface area contributed by atoms with Gasteiger partial charge in [-0.1, -0.05) is 12.1 Å². The summed E-state index contributed by atoms with van der Waals surface area (Å²) in [6.45, 7) is 0.930. The van der Waals surface area contributed by atoms with Crippen LogP contribution in [0.4, 0.5) is 5.00 Å². The second-order valence-corrected chi connectivity index (χ2v) is 4.90. The van der Waals surface area contributed by atoms with Crippen molar-refractivity contribution in [2.45, 2.75) is 18.9 Å². The van der Waals surface area contributed by atoms with E-state index >= 15 is 0 Å². The van der Waals surface area contributed by atoms with E-state index in [9.17, 15) is 0 Å². The first-order chi connectivity index (χ1) is 7.90. The maximum absolute atomic E-state index is 9.13. The Hall–Kier alpha value is -1.13. The van der Waals surface area contributed by atoms with Crippen LogP contribution in [0.2, 0.25) is 0 Å². The lowest BCUT2D eigenvalue weighted by atomic mass is 10.2. The van der Waals surface area contributed by atoms with Crippen LogP contribution in [0.15, 0.2) is 24.3 Å². The number of fused-ring (bicyclic) bond motifs is 1. The molecule has 1 N–H and O–H groups in total. The molecule has 1 aromatic heterocycles. The molecule has 1 aliphatic rings. The highest BCUT2D eigenvalue weighted by Crippen LogP contribution is 2.38. The van der Waals surface area contributed by atoms with Crippen LogP contribution < -0.4 is 4.90 Å². The minimum Gasteiger partial charge on any atom is -0.395 e. The predicted octanol–water partition coefficient (Wildman–Crippen LogP) is 2.26. The summed E-state index contributed by atoms with van der Waals surface area (Å²) in [5, 5.41) is 11.6. The Balaban J connectivity index is 2.02. The van der Waals surface area contributed by atoms with Gasteiger partial charge >= 0.3 is 0 Å². The molecule has 1 aromatic carbocycles. The van der Waals surface area contributed by atoms with Gasteiger partial charge in [-0.25, -0.2) is 0 Å². The third-order valence-corrected chi connectivity index (χ3v) is 3.87. The fraction of sp³-hybridized carbons (Fsp3) is 0.417. The van der Waals surface area contributed by atoms with E-state index in [1.807, 2.05) is 18.2 Å². The van der Waals surface area contributed by atoms with Crippen LogP contribution in [-0.2, 0) is 0 Å². The van der Waals surface area contributed by atoms with Gasteiger partial charge in [0.15, 0.2) is 0 Å². The van der Waals surface area contributed by atoms with E-state index in [4.69, 9.17) is 5.11 Å². The van der Waals surface area contributed by atoms with E-state index < -0.39 is 0 Å². The number of hydrogen-bond donors (Lipinski definition) is 1. The topological polar surface area (TPSA) is 36.4 Å². The van der Waals surface area contributed by atoms with E-state index in [2.05, 4.69) is 15.3 Å². The van der Waals surface area contributed by atoms with Crippen LogP contribution in [0.5, 0.6) is 0 Å². The summed E-state index contributed by atoms with van der Waals surface area (Å²) in [7, 11) is 0. The third-order valence-electron chi connectivity index (χ3n) is 2.95. The predicted molar refractivity (Wildman–Crippen MR) is 67.1 cm³/mol. The molecule has 1 heterocycles. The Kier molecular flexibility index (Phi) is 2.53. The molecule has 0 atom stereocenters. The summed E-state index contributed by atoms with van der Waals surface area (Å²) in [4.78, 5) is 2.31. The first-order valence-corrected chi connectivity index (χ1v) is 6.39. The van der Waals surface area contributed by atoms with Crippen molar-refractivity contribution in [2.75, 3.05) is 18.1 Å². The maximum atomic E-state index is 9.13. The van der Waals surface area contributed by atoms with Crippen LogP contribution in [0.1, 0.15) is 12.8 Å². The van der Waals surface area contributed by atoms with Crippen LogP contribution in [0, 0.1) is 0 Å². The van der Waals surface area contributed by atoms with Gasteiger partial charge in [-0.15, -0.1) is 0 Å². The highest BCUT2D eigenvalue weighted by atomic mass is 32.1. The van der Waals surface area contributed by atoms with Crippen LogP contribution in [0.3, 0.4) is 0 Å². The minimum atomic E-state index is 0.211. The number of rotatable bonds is 4. The lowest BCUT2D eigenvalue weighted by Gasteiger charge is -2.21. The van der Waals surface area contributed by atoms with Gasteiger partial charge in [-0.05, 0) is 36.5 Å². The van der Waals surface area contributed by atoms with Crippen molar-refractivity contribution >= 4 is 27.4 Å². The van der Waals surface area contributed by atoms with Crippen molar-refractivity contribution in [3.8, 4) is 0 Å². The largest absolute Gasteiger partial charge is 0.395 e. The van der Waals surface area contributed by atoms with Gasteiger partial charge in [0.05, 0.1) is 12.1 Å². The Bertz CT molecular complexity index is 492. The molecular formula is C12H14N2OS. The number of nitrogens with zero attached hydrogens (tertiary/aromatic N) is 2. The van der Waals surface area contributed by atoms with Gasteiger partial charge in [-0.3, -0.25) is 0 Å². The molecule has 0 amide bonds. The average molecular weight is 234 g/mol. The zero-order valence-electron chi connectivity index (χ0n) is 8.97. The molecule has 1 saturated carbocycles. The molecule has 16 heavy (non-hydrogen) atoms. The van der Waals surface area contributed by atoms with Gasteiger partial charge < -0.3 is 10.0 Å². The monoisotopic (exact) mass is 234 g/mol. The Labute approximate surface area is 98.5 Å². The van der Waals surface area contributed by atoms with Crippen molar-refractivity contribution in [1.82, 2.24) is 4.37 Å². The molecule has 3 rings (SSSR count). The van der Waals surface area contributed by atoms with E-state index in [1.165, 1.54) is 23.2 Å². The van der Waals surface area contributed by atoms with Crippen molar-refractivity contribution in [2.24, 2.45) is 0 Å². The molecule has 0 unspecified atom stereocenters. The summed E-state index contributed by atoms with van der Waals surface area (Å²) in [6, 6.07) is 8.83. The number of aliphatic hydroxyl groups excluding tert-OH is 1. The molecule has 0 bridgehead atoms. The Morgan fingerprint density at radius 1 is 1.38 bits per heavy atom. The standard InChI is InChI=1S/C12H14N2OS/c15-8-7-14(9-5-6-9)12-10-3-1-2-4-11(10)13-16-12/h1-4,9,15H,5-8H2. The number of aliphatic hydroxyl groups is 1. The van der Waals surface area contributed by atoms with E-state index in [1.54, 1.807) is 11.5 Å². The van der Waals surface area contributed by atoms with E-state index in [-0.39, 0.29) is 6.61 Å². The molecule has 0 aliphatic heterocycles. The van der Waals surface area contributed by atoms with Gasteiger partial charge in [-0.2, -0.15) is 4.37 Å². The Morgan fingerprint density at radius 3 is 2.94 bits per heavy atom. The smallest absolute Gasteiger partial charge is 0.120 e. The number of benzene rings is 1. The average Bonchev–Trinajstić information content (AvgIpc) is 3.06. The van der Waals surface area contributed by atoms with Crippen LogP contribution in [0.25, 0.3) is 10.9 Å². The summed E-state index contributed by atoms with van der Waals surface area (Å²) in [5.74, 6) is 0. The summed E-state index contributed by atoms with van der Waals surface area (Å²) in [5.41, 5.74) is 1.06. The summed E-state index contributed by atoms with van der Waals surface area (Å²) < 4.78 is 4.45. The fourth-order valence-electron chi connectivity index (χ4n) is 2.03. The second kappa shape index (κ2) is 4.03. The number of hydrogen-bond acceptors (Lipinski definition) is 4. The minimum absolute atomic E-state index is 0.211. The zero-order chi connectivity index (χ0) is 11.0. The molecule has 2 aromatic rings. The molecule has 1 fully saturated rings. The highest BCUT2D eigenvalue weighted by Gasteiger charge is 2.30. The van der Waals surface area contributed by atoms with Crippen molar-refractivity contribution < 1.29 is 5.11 Å². The lowest BCUT2D eigenvalue weighted by molar-refractivity contribution is 0.301. The molecule has 1 aliphatic carbocycles. The van der Waals surface area contributed by atoms with Crippen molar-refractivity contribution in [1.29, 1.82) is 0 Å². The molecule has 0 radical (unpaired) electrons. The number of anilines is 1. The van der Waals surface area contributed by atoms with Crippen molar-refractivity contribution in [3.63, 3.8) is 0 Å². The highest BCUT2D eigenvalue weighted by molar-refractivity contribution is 7.11. The normalized spacial score (nSPS) is 15.6. The molecule has 4 heteroatoms. The molecule has 84 valence electrons. The van der Waals surface area contributed by atoms with Gasteiger partial charge in [0, 0.05) is 18.0 Å². The van der Waals surface area contributed by atoms with Crippen LogP contribution >= 0.6 is 11.5 Å². The molecule has 3 nitrogen and oxygen atoms in total. The SMILES string of the molecule is OCCN(c1snc2ccccc12)C1CC1. The molecule has 0 spiro atoms. The zero-order valence-corrected chi connectivity index (χ0v) is 9.78. The van der Waals surface area contributed by atoms with Gasteiger partial charge in [0.2, 0.25) is 0 Å². The summed E-state index contributed by atoms with van der Waals surface area (Å²) in [6.07, 6.45) is 2.48. The first-order valence-electron chi connectivity index (χ1n) is 5.62. The van der Waals surface area contributed by atoms with Gasteiger partial charge in [0.25, 0.3) is 0 Å². The van der Waals surface area contributed by atoms with Gasteiger partial charge in [0.1, 0.15) is 5.00 Å². The first kappa shape index (κ1) is 10.1. The van der Waals surface area contributed by atoms with E-state index in [0.717, 1.165) is 12.1 Å². The van der Waals surface area contributed by atoms with E-state index in [0.29, 0.717) is 6.04 Å². The second-order valence-electron chi connectivity index (χ2n) is 4.15. The molecular weight excluding hydrogens is 220 g/mol. The third kappa shape index (κ3) is 1.68. The quantitative estimate of drug-likeness (QED) is 0.881. The fourth-order valence-corrected chi connectivity index (χ4v) is 2.99.